The van der Waals surface area contributed by atoms with E-state index in [9.17, 15) is 23.9 Å². The number of carbonyl (C=O) groups is 3. The van der Waals surface area contributed by atoms with Gasteiger partial charge in [0.05, 0.1) is 6.61 Å². The average molecular weight is 503 g/mol. The van der Waals surface area contributed by atoms with Gasteiger partial charge in [-0.15, -0.1) is 11.8 Å². The molecule has 0 saturated heterocycles. The van der Waals surface area contributed by atoms with Gasteiger partial charge in [0.25, 0.3) is 5.91 Å². The van der Waals surface area contributed by atoms with Crippen LogP contribution in [0.5, 0.6) is 0 Å². The molecule has 1 unspecified atom stereocenters. The number of aliphatic carboxylic acids is 1. The molecule has 3 rings (SSSR count). The molecule has 1 atom stereocenters. The average Bonchev–Trinajstić information content (AvgIpc) is 2.81. The SMILES string of the molecule is O=C(Nc1ccc(F)cc1)OCCC(Sc1ccc(NC(=O)c2ccc(Cl)cc2)cc1)C(=O)O. The van der Waals surface area contributed by atoms with E-state index < -0.39 is 23.1 Å². The zero-order valence-corrected chi connectivity index (χ0v) is 19.2. The summed E-state index contributed by atoms with van der Waals surface area (Å²) in [6.07, 6.45) is -0.687. The second-order valence-corrected chi connectivity index (χ2v) is 8.70. The van der Waals surface area contributed by atoms with Crippen LogP contribution >= 0.6 is 23.4 Å². The maximum absolute atomic E-state index is 12.9. The Morgan fingerprint density at radius 1 is 0.912 bits per heavy atom. The molecule has 0 aliphatic carbocycles. The van der Waals surface area contributed by atoms with Crippen molar-refractivity contribution in [3.8, 4) is 0 Å². The Balaban J connectivity index is 1.48. The predicted octanol–water partition coefficient (Wildman–Crippen LogP) is 5.92. The Labute approximate surface area is 204 Å². The lowest BCUT2D eigenvalue weighted by atomic mass is 10.2. The first-order chi connectivity index (χ1) is 16.3. The molecule has 0 saturated carbocycles. The number of benzene rings is 3. The molecule has 3 aromatic rings. The molecule has 0 aromatic heterocycles. The monoisotopic (exact) mass is 502 g/mol. The van der Waals surface area contributed by atoms with Crippen LogP contribution in [0.4, 0.5) is 20.6 Å². The number of thioether (sulfide) groups is 1. The molecule has 0 heterocycles. The lowest BCUT2D eigenvalue weighted by Gasteiger charge is -2.13. The maximum Gasteiger partial charge on any atom is 0.411 e. The number of carbonyl (C=O) groups excluding carboxylic acids is 2. The summed E-state index contributed by atoms with van der Waals surface area (Å²) in [6.45, 7) is -0.119. The summed E-state index contributed by atoms with van der Waals surface area (Å²) in [4.78, 5) is 36.4. The summed E-state index contributed by atoms with van der Waals surface area (Å²) in [7, 11) is 0. The first-order valence-electron chi connectivity index (χ1n) is 10.1. The lowest BCUT2D eigenvalue weighted by Crippen LogP contribution is -2.21. The third-order valence-electron chi connectivity index (χ3n) is 4.48. The van der Waals surface area contributed by atoms with Crippen LogP contribution in [0.1, 0.15) is 16.8 Å². The van der Waals surface area contributed by atoms with E-state index in [-0.39, 0.29) is 18.9 Å². The van der Waals surface area contributed by atoms with Crippen molar-refractivity contribution in [1.82, 2.24) is 0 Å². The first-order valence-corrected chi connectivity index (χ1v) is 11.3. The van der Waals surface area contributed by atoms with Gasteiger partial charge in [-0.1, -0.05) is 11.6 Å². The van der Waals surface area contributed by atoms with Crippen molar-refractivity contribution in [1.29, 1.82) is 0 Å². The van der Waals surface area contributed by atoms with Crippen molar-refractivity contribution in [3.63, 3.8) is 0 Å². The Morgan fingerprint density at radius 2 is 1.50 bits per heavy atom. The van der Waals surface area contributed by atoms with E-state index in [1.165, 1.54) is 24.3 Å². The third kappa shape index (κ3) is 7.79. The standard InChI is InChI=1S/C24H20ClFN2O5S/c25-16-3-1-15(2-4-16)22(29)27-18-9-11-20(12-10-18)34-21(23(30)31)13-14-33-24(32)28-19-7-5-17(26)6-8-19/h1-12,21H,13-14H2,(H,27,29)(H,28,32)(H,30,31). The van der Waals surface area contributed by atoms with Crippen molar-refractivity contribution in [3.05, 3.63) is 89.2 Å². The number of rotatable bonds is 9. The number of anilines is 2. The number of hydrogen-bond acceptors (Lipinski definition) is 5. The zero-order valence-electron chi connectivity index (χ0n) is 17.7. The Bertz CT molecular complexity index is 1140. The molecular weight excluding hydrogens is 483 g/mol. The van der Waals surface area contributed by atoms with E-state index in [1.54, 1.807) is 48.5 Å². The third-order valence-corrected chi connectivity index (χ3v) is 5.99. The van der Waals surface area contributed by atoms with Gasteiger partial charge in [-0.3, -0.25) is 14.9 Å². The molecule has 0 bridgehead atoms. The van der Waals surface area contributed by atoms with Crippen molar-refractivity contribution in [2.45, 2.75) is 16.6 Å². The number of carboxylic acid groups (broad SMARTS) is 1. The Hall–Kier alpha value is -3.56. The molecule has 7 nitrogen and oxygen atoms in total. The molecule has 0 radical (unpaired) electrons. The molecule has 0 spiro atoms. The number of ether oxygens (including phenoxy) is 1. The van der Waals surface area contributed by atoms with Crippen LogP contribution in [-0.2, 0) is 9.53 Å². The van der Waals surface area contributed by atoms with E-state index in [4.69, 9.17) is 16.3 Å². The van der Waals surface area contributed by atoms with Crippen LogP contribution < -0.4 is 10.6 Å². The first kappa shape index (κ1) is 25.1. The Kier molecular flexibility index (Phi) is 8.89. The highest BCUT2D eigenvalue weighted by molar-refractivity contribution is 8.00. The van der Waals surface area contributed by atoms with Crippen LogP contribution in [-0.4, -0.2) is 34.9 Å². The van der Waals surface area contributed by atoms with Gasteiger partial charge in [-0.05, 0) is 72.8 Å². The van der Waals surface area contributed by atoms with E-state index in [0.717, 1.165) is 11.8 Å². The lowest BCUT2D eigenvalue weighted by molar-refractivity contribution is -0.136. The molecule has 2 amide bonds. The smallest absolute Gasteiger partial charge is 0.411 e. The fourth-order valence-electron chi connectivity index (χ4n) is 2.76. The van der Waals surface area contributed by atoms with Crippen molar-refractivity contribution >= 4 is 52.7 Å². The van der Waals surface area contributed by atoms with Crippen LogP contribution in [0.15, 0.2) is 77.7 Å². The highest BCUT2D eigenvalue weighted by Crippen LogP contribution is 2.27. The van der Waals surface area contributed by atoms with E-state index in [2.05, 4.69) is 10.6 Å². The highest BCUT2D eigenvalue weighted by atomic mass is 35.5. The summed E-state index contributed by atoms with van der Waals surface area (Å²) in [6, 6.07) is 18.4. The van der Waals surface area contributed by atoms with Gasteiger partial charge in [0.1, 0.15) is 11.1 Å². The molecule has 10 heteroatoms. The maximum atomic E-state index is 12.9. The minimum atomic E-state index is -1.05. The number of nitrogens with one attached hydrogen (secondary N) is 2. The summed E-state index contributed by atoms with van der Waals surface area (Å²) < 4.78 is 17.9. The largest absolute Gasteiger partial charge is 0.480 e. The second kappa shape index (κ2) is 12.1. The topological polar surface area (TPSA) is 105 Å². The number of halogens is 2. The Morgan fingerprint density at radius 3 is 2.12 bits per heavy atom. The fourth-order valence-corrected chi connectivity index (χ4v) is 3.83. The van der Waals surface area contributed by atoms with Gasteiger partial charge in [0.15, 0.2) is 0 Å². The van der Waals surface area contributed by atoms with Crippen LogP contribution in [0.3, 0.4) is 0 Å². The van der Waals surface area contributed by atoms with E-state index >= 15 is 0 Å². The normalized spacial score (nSPS) is 11.4. The molecule has 3 aromatic carbocycles. The minimum Gasteiger partial charge on any atom is -0.480 e. The summed E-state index contributed by atoms with van der Waals surface area (Å²) in [5.74, 6) is -1.78. The summed E-state index contributed by atoms with van der Waals surface area (Å²) >= 11 is 6.93. The molecule has 3 N–H and O–H groups in total. The second-order valence-electron chi connectivity index (χ2n) is 6.99. The fraction of sp³-hybridized carbons (Fsp3) is 0.125. The number of amides is 2. The minimum absolute atomic E-state index is 0.0753. The van der Waals surface area contributed by atoms with Gasteiger partial charge in [0.2, 0.25) is 0 Å². The predicted molar refractivity (Wildman–Crippen MR) is 129 cm³/mol. The highest BCUT2D eigenvalue weighted by Gasteiger charge is 2.20. The van der Waals surface area contributed by atoms with Crippen molar-refractivity contribution in [2.24, 2.45) is 0 Å². The molecule has 0 fully saturated rings. The zero-order chi connectivity index (χ0) is 24.5. The van der Waals surface area contributed by atoms with Gasteiger partial charge in [0, 0.05) is 33.3 Å². The van der Waals surface area contributed by atoms with E-state index in [0.29, 0.717) is 26.9 Å². The summed E-state index contributed by atoms with van der Waals surface area (Å²) in [5.41, 5.74) is 1.37. The molecule has 34 heavy (non-hydrogen) atoms. The van der Waals surface area contributed by atoms with Gasteiger partial charge >= 0.3 is 12.1 Å². The van der Waals surface area contributed by atoms with Crippen LogP contribution in [0.25, 0.3) is 0 Å². The molecule has 0 aliphatic heterocycles. The van der Waals surface area contributed by atoms with Gasteiger partial charge in [-0.2, -0.15) is 0 Å². The number of carboxylic acids is 1. The quantitative estimate of drug-likeness (QED) is 0.314. The summed E-state index contributed by atoms with van der Waals surface area (Å²) in [5, 5.41) is 14.4. The number of hydrogen-bond donors (Lipinski definition) is 3. The molecule has 176 valence electrons. The van der Waals surface area contributed by atoms with Crippen molar-refractivity contribution in [2.75, 3.05) is 17.2 Å². The van der Waals surface area contributed by atoms with Crippen molar-refractivity contribution < 1.29 is 28.6 Å². The van der Waals surface area contributed by atoms with Gasteiger partial charge < -0.3 is 15.2 Å². The molecule has 0 aliphatic rings. The molecular formula is C24H20ClFN2O5S. The van der Waals surface area contributed by atoms with E-state index in [1.807, 2.05) is 0 Å². The van der Waals surface area contributed by atoms with Crippen LogP contribution in [0.2, 0.25) is 5.02 Å². The van der Waals surface area contributed by atoms with Gasteiger partial charge in [-0.25, -0.2) is 9.18 Å². The van der Waals surface area contributed by atoms with Crippen LogP contribution in [0, 0.1) is 5.82 Å².